The third-order valence-corrected chi connectivity index (χ3v) is 3.12. The van der Waals surface area contributed by atoms with Gasteiger partial charge in [-0.25, -0.2) is 0 Å². The molecule has 0 unspecified atom stereocenters. The van der Waals surface area contributed by atoms with Crippen LogP contribution in [0.25, 0.3) is 0 Å². The Kier molecular flexibility index (Phi) is 41.8. The van der Waals surface area contributed by atoms with E-state index in [4.69, 9.17) is 11.5 Å². The van der Waals surface area contributed by atoms with Crippen LogP contribution in [-0.4, -0.2) is 26.2 Å². The summed E-state index contributed by atoms with van der Waals surface area (Å²) in [5.74, 6) is 0. The third kappa shape index (κ3) is 27.6. The van der Waals surface area contributed by atoms with E-state index in [1.165, 1.54) is 77.3 Å². The lowest BCUT2D eigenvalue weighted by molar-refractivity contribution is 0.547. The van der Waals surface area contributed by atoms with Crippen molar-refractivity contribution in [1.29, 1.82) is 0 Å². The zero-order valence-corrected chi connectivity index (χ0v) is 17.9. The predicted molar refractivity (Wildman–Crippen MR) is 108 cm³/mol. The molecule has 0 aliphatic rings. The van der Waals surface area contributed by atoms with Crippen LogP contribution < -0.4 is 16.8 Å². The van der Waals surface area contributed by atoms with Crippen molar-refractivity contribution in [1.82, 2.24) is 5.32 Å². The number of hydrogen-bond donors (Lipinski definition) is 3. The van der Waals surface area contributed by atoms with Gasteiger partial charge in [0.2, 0.25) is 0 Å². The van der Waals surface area contributed by atoms with Crippen molar-refractivity contribution in [3.05, 3.63) is 0 Å². The Hall–Kier alpha value is 1.32. The van der Waals surface area contributed by atoms with Gasteiger partial charge in [0.25, 0.3) is 0 Å². The van der Waals surface area contributed by atoms with Crippen LogP contribution in [0, 0.1) is 0 Å². The molecule has 0 aromatic carbocycles. The molecule has 0 spiro atoms. The summed E-state index contributed by atoms with van der Waals surface area (Å²) in [7, 11) is 0. The van der Waals surface area contributed by atoms with Gasteiger partial charge in [0.1, 0.15) is 0 Å². The van der Waals surface area contributed by atoms with Gasteiger partial charge in [0, 0.05) is 0 Å². The molecule has 0 rings (SSSR count). The summed E-state index contributed by atoms with van der Waals surface area (Å²) in [6.07, 6.45) is 13.0. The molecule has 3 nitrogen and oxygen atoms in total. The van der Waals surface area contributed by atoms with Crippen molar-refractivity contribution in [2.24, 2.45) is 11.5 Å². The van der Waals surface area contributed by atoms with Gasteiger partial charge in [-0.15, -0.1) is 50.9 Å². The molecule has 0 radical (unpaired) electrons. The second-order valence-corrected chi connectivity index (χ2v) is 4.86. The first-order valence-electron chi connectivity index (χ1n) is 7.52. The van der Waals surface area contributed by atoms with Crippen LogP contribution in [0.3, 0.4) is 0 Å². The van der Waals surface area contributed by atoms with Crippen LogP contribution in [0.4, 0.5) is 0 Å². The Balaban J connectivity index is -0.000000427. The number of halogens is 3. The quantitative estimate of drug-likeness (QED) is 0.324. The molecule has 0 aromatic heterocycles. The summed E-state index contributed by atoms with van der Waals surface area (Å²) in [5.41, 5.74) is 10.9. The van der Waals surface area contributed by atoms with Crippen molar-refractivity contribution >= 4 is 50.9 Å². The largest absolute Gasteiger partial charge is 0.330 e. The van der Waals surface area contributed by atoms with E-state index in [9.17, 15) is 0 Å². The van der Waals surface area contributed by atoms with Crippen molar-refractivity contribution in [3.8, 4) is 0 Å². The van der Waals surface area contributed by atoms with Crippen molar-refractivity contribution in [3.63, 3.8) is 0 Å². The minimum atomic E-state index is 0. The maximum atomic E-state index is 5.45. The van der Waals surface area contributed by atoms with E-state index in [2.05, 4.69) is 5.32 Å². The molecule has 0 heterocycles. The maximum Gasteiger partial charge on any atom is -0.00489 e. The SMILES string of the molecule is Br.Br.Br.NCCCCCCCNCCCCCCCN. The Morgan fingerprint density at radius 3 is 1.10 bits per heavy atom. The fourth-order valence-corrected chi connectivity index (χ4v) is 1.97. The van der Waals surface area contributed by atoms with Crippen molar-refractivity contribution in [2.75, 3.05) is 26.2 Å². The van der Waals surface area contributed by atoms with E-state index in [1.54, 1.807) is 0 Å². The average Bonchev–Trinajstić information content (AvgIpc) is 2.35. The molecule has 0 saturated heterocycles. The molecule has 0 fully saturated rings. The van der Waals surface area contributed by atoms with Gasteiger partial charge >= 0.3 is 0 Å². The highest BCUT2D eigenvalue weighted by molar-refractivity contribution is 8.93. The molecular weight excluding hydrogens is 450 g/mol. The smallest absolute Gasteiger partial charge is 0.00489 e. The second-order valence-electron chi connectivity index (χ2n) is 4.86. The van der Waals surface area contributed by atoms with Crippen LogP contribution >= 0.6 is 50.9 Å². The summed E-state index contributed by atoms with van der Waals surface area (Å²) < 4.78 is 0. The minimum Gasteiger partial charge on any atom is -0.330 e. The highest BCUT2D eigenvalue weighted by Gasteiger charge is 1.92. The molecule has 6 heteroatoms. The summed E-state index contributed by atoms with van der Waals surface area (Å²) >= 11 is 0. The van der Waals surface area contributed by atoms with Crippen molar-refractivity contribution < 1.29 is 0 Å². The summed E-state index contributed by atoms with van der Waals surface area (Å²) in [6.45, 7) is 4.07. The fourth-order valence-electron chi connectivity index (χ4n) is 1.97. The van der Waals surface area contributed by atoms with Gasteiger partial charge in [-0.2, -0.15) is 0 Å². The lowest BCUT2D eigenvalue weighted by Crippen LogP contribution is -2.16. The lowest BCUT2D eigenvalue weighted by atomic mass is 10.1. The van der Waals surface area contributed by atoms with Gasteiger partial charge in [-0.3, -0.25) is 0 Å². The molecule has 0 amide bonds. The molecule has 0 aliphatic carbocycles. The Labute approximate surface area is 157 Å². The molecule has 0 atom stereocenters. The van der Waals surface area contributed by atoms with Crippen LogP contribution in [-0.2, 0) is 0 Å². The van der Waals surface area contributed by atoms with E-state index in [0.29, 0.717) is 0 Å². The third-order valence-electron chi connectivity index (χ3n) is 3.12. The Morgan fingerprint density at radius 2 is 0.750 bits per heavy atom. The van der Waals surface area contributed by atoms with E-state index < -0.39 is 0 Å². The predicted octanol–water partition coefficient (Wildman–Crippen LogP) is 4.13. The zero-order valence-electron chi connectivity index (χ0n) is 12.8. The summed E-state index contributed by atoms with van der Waals surface area (Å²) in [6, 6.07) is 0. The van der Waals surface area contributed by atoms with Gasteiger partial charge < -0.3 is 16.8 Å². The molecule has 5 N–H and O–H groups in total. The highest BCUT2D eigenvalue weighted by Crippen LogP contribution is 2.02. The monoisotopic (exact) mass is 483 g/mol. The van der Waals surface area contributed by atoms with E-state index >= 15 is 0 Å². The molecule has 20 heavy (non-hydrogen) atoms. The zero-order chi connectivity index (χ0) is 12.6. The van der Waals surface area contributed by atoms with E-state index in [1.807, 2.05) is 0 Å². The molecule has 0 aliphatic heterocycles. The Bertz CT molecular complexity index is 127. The fraction of sp³-hybridized carbons (Fsp3) is 1.00. The van der Waals surface area contributed by atoms with Gasteiger partial charge in [-0.05, 0) is 51.9 Å². The summed E-state index contributed by atoms with van der Waals surface area (Å²) in [5, 5.41) is 3.52. The minimum absolute atomic E-state index is 0. The Morgan fingerprint density at radius 1 is 0.450 bits per heavy atom. The van der Waals surface area contributed by atoms with Crippen molar-refractivity contribution in [2.45, 2.75) is 64.2 Å². The summed E-state index contributed by atoms with van der Waals surface area (Å²) in [4.78, 5) is 0. The number of nitrogens with one attached hydrogen (secondary N) is 1. The lowest BCUT2D eigenvalue weighted by Gasteiger charge is -2.04. The number of unbranched alkanes of at least 4 members (excludes halogenated alkanes) is 8. The van der Waals surface area contributed by atoms with Crippen LogP contribution in [0.1, 0.15) is 64.2 Å². The number of nitrogens with two attached hydrogens (primary N) is 2. The number of rotatable bonds is 14. The molecular formula is C14H36Br3N3. The van der Waals surface area contributed by atoms with Gasteiger partial charge in [0.15, 0.2) is 0 Å². The van der Waals surface area contributed by atoms with Crippen LogP contribution in [0.15, 0.2) is 0 Å². The molecule has 0 bridgehead atoms. The first kappa shape index (κ1) is 29.3. The highest BCUT2D eigenvalue weighted by atomic mass is 79.9. The number of hydrogen-bond acceptors (Lipinski definition) is 3. The first-order valence-corrected chi connectivity index (χ1v) is 7.52. The molecule has 128 valence electrons. The van der Waals surface area contributed by atoms with Gasteiger partial charge in [0.05, 0.1) is 0 Å². The first-order chi connectivity index (χ1) is 8.41. The molecule has 0 saturated carbocycles. The molecule has 0 aromatic rings. The standard InChI is InChI=1S/C14H33N3.3BrH/c15-11-7-3-1-5-9-13-17-14-10-6-2-4-8-12-16;;;/h17H,1-16H2;3*1H. The maximum absolute atomic E-state index is 5.45. The van der Waals surface area contributed by atoms with E-state index in [0.717, 1.165) is 13.1 Å². The topological polar surface area (TPSA) is 64.1 Å². The normalized spacial score (nSPS) is 9.30. The van der Waals surface area contributed by atoms with Gasteiger partial charge in [-0.1, -0.05) is 38.5 Å². The average molecular weight is 486 g/mol. The van der Waals surface area contributed by atoms with Crippen LogP contribution in [0.2, 0.25) is 0 Å². The van der Waals surface area contributed by atoms with Crippen LogP contribution in [0.5, 0.6) is 0 Å². The van der Waals surface area contributed by atoms with E-state index in [-0.39, 0.29) is 50.9 Å². The second kappa shape index (κ2) is 28.5.